The number of rotatable bonds is 8. The number of ether oxygens (including phenoxy) is 1. The summed E-state index contributed by atoms with van der Waals surface area (Å²) in [7, 11) is 5.47. The average molecular weight is 512 g/mol. The van der Waals surface area contributed by atoms with E-state index in [0.717, 1.165) is 72.2 Å². The maximum atomic E-state index is 13.9. The van der Waals surface area contributed by atoms with E-state index in [2.05, 4.69) is 29.2 Å². The Labute approximate surface area is 227 Å². The van der Waals surface area contributed by atoms with E-state index in [1.807, 2.05) is 62.6 Å². The van der Waals surface area contributed by atoms with Crippen LogP contribution >= 0.6 is 0 Å². The van der Waals surface area contributed by atoms with Crippen molar-refractivity contribution in [3.05, 3.63) is 83.9 Å². The molecule has 5 nitrogen and oxygen atoms in total. The number of nitrogens with zero attached hydrogens (tertiary/aromatic N) is 2. The third-order valence-corrected chi connectivity index (χ3v) is 7.97. The Morgan fingerprint density at radius 3 is 2.18 bits per heavy atom. The number of amides is 1. The van der Waals surface area contributed by atoms with Crippen LogP contribution in [0.15, 0.2) is 72.8 Å². The first-order valence-electron chi connectivity index (χ1n) is 14.3. The molecular formula is C33H38N2O3. The van der Waals surface area contributed by atoms with Crippen molar-refractivity contribution in [2.24, 2.45) is 11.8 Å². The van der Waals surface area contributed by atoms with E-state index in [1.54, 1.807) is 4.90 Å². The maximum absolute atomic E-state index is 13.9. The molecule has 0 aliphatic heterocycles. The van der Waals surface area contributed by atoms with Crippen molar-refractivity contribution in [3.63, 3.8) is 0 Å². The molecule has 5 heteroatoms. The number of esters is 1. The lowest BCUT2D eigenvalue weighted by atomic mass is 9.88. The first-order valence-corrected chi connectivity index (χ1v) is 13.7. The molecule has 2 fully saturated rings. The molecule has 38 heavy (non-hydrogen) atoms. The second-order valence-corrected chi connectivity index (χ2v) is 10.8. The molecule has 0 saturated heterocycles. The summed E-state index contributed by atoms with van der Waals surface area (Å²) in [5.41, 5.74) is 5.85. The number of methoxy groups -OCH3 is 1. The lowest BCUT2D eigenvalue weighted by Gasteiger charge is -2.30. The van der Waals surface area contributed by atoms with E-state index < -0.39 is 6.52 Å². The lowest BCUT2D eigenvalue weighted by Crippen LogP contribution is -2.36. The van der Waals surface area contributed by atoms with Gasteiger partial charge in [-0.15, -0.1) is 0 Å². The van der Waals surface area contributed by atoms with Crippen molar-refractivity contribution in [2.75, 3.05) is 31.0 Å². The van der Waals surface area contributed by atoms with Crippen LogP contribution in [0.4, 0.5) is 11.4 Å². The van der Waals surface area contributed by atoms with Gasteiger partial charge in [0.25, 0.3) is 0 Å². The van der Waals surface area contributed by atoms with Crippen molar-refractivity contribution in [1.82, 2.24) is 0 Å². The minimum absolute atomic E-state index is 0.0236. The zero-order chi connectivity index (χ0) is 27.5. The van der Waals surface area contributed by atoms with Crippen LogP contribution in [0.5, 0.6) is 0 Å². The Hall–Kier alpha value is -3.60. The molecule has 1 amide bonds. The number of benzene rings is 3. The zero-order valence-electron chi connectivity index (χ0n) is 23.6. The van der Waals surface area contributed by atoms with Gasteiger partial charge in [-0.2, -0.15) is 0 Å². The molecule has 2 aliphatic carbocycles. The highest BCUT2D eigenvalue weighted by molar-refractivity contribution is 5.95. The van der Waals surface area contributed by atoms with Gasteiger partial charge in [0.2, 0.25) is 5.91 Å². The van der Waals surface area contributed by atoms with Gasteiger partial charge in [-0.1, -0.05) is 67.8 Å². The molecular weight excluding hydrogens is 472 g/mol. The summed E-state index contributed by atoms with van der Waals surface area (Å²) in [5, 5.41) is 0. The van der Waals surface area contributed by atoms with Gasteiger partial charge in [-0.3, -0.25) is 9.59 Å². The monoisotopic (exact) mass is 511 g/mol. The molecule has 198 valence electrons. The fraction of sp³-hybridized carbons (Fsp3) is 0.394. The Bertz CT molecular complexity index is 1300. The number of hydrogen-bond donors (Lipinski definition) is 0. The van der Waals surface area contributed by atoms with Gasteiger partial charge in [0.15, 0.2) is 0 Å². The summed E-state index contributed by atoms with van der Waals surface area (Å²) in [6.07, 6.45) is 5.77. The van der Waals surface area contributed by atoms with Crippen molar-refractivity contribution in [1.29, 1.82) is 0 Å². The van der Waals surface area contributed by atoms with Gasteiger partial charge in [0.05, 0.1) is 20.9 Å². The molecule has 0 bridgehead atoms. The number of carbonyl (C=O) groups excluding carboxylic acids is 2. The maximum Gasteiger partial charge on any atom is 0.309 e. The van der Waals surface area contributed by atoms with E-state index in [1.165, 1.54) is 7.11 Å². The molecule has 0 heterocycles. The summed E-state index contributed by atoms with van der Waals surface area (Å²) in [5.74, 6) is -0.246. The molecule has 2 unspecified atom stereocenters. The predicted molar refractivity (Wildman–Crippen MR) is 153 cm³/mol. The highest BCUT2D eigenvalue weighted by Crippen LogP contribution is 2.48. The van der Waals surface area contributed by atoms with Crippen molar-refractivity contribution in [2.45, 2.75) is 51.0 Å². The average Bonchev–Trinajstić information content (AvgIpc) is 3.79. The molecule has 0 aromatic heterocycles. The third kappa shape index (κ3) is 5.77. The van der Waals surface area contributed by atoms with E-state index in [9.17, 15) is 11.0 Å². The Morgan fingerprint density at radius 2 is 1.55 bits per heavy atom. The summed E-state index contributed by atoms with van der Waals surface area (Å²) >= 11 is 0. The van der Waals surface area contributed by atoms with E-state index in [0.29, 0.717) is 0 Å². The van der Waals surface area contributed by atoms with Gasteiger partial charge >= 0.3 is 5.97 Å². The normalized spacial score (nSPS) is 20.2. The summed E-state index contributed by atoms with van der Waals surface area (Å²) in [4.78, 5) is 29.7. The highest BCUT2D eigenvalue weighted by Gasteiger charge is 2.45. The van der Waals surface area contributed by atoms with Gasteiger partial charge in [-0.05, 0) is 71.7 Å². The van der Waals surface area contributed by atoms with Gasteiger partial charge in [0.1, 0.15) is 0 Å². The highest BCUT2D eigenvalue weighted by atomic mass is 16.5. The predicted octanol–water partition coefficient (Wildman–Crippen LogP) is 6.81. The number of carbonyl (C=O) groups is 2. The molecule has 3 aromatic rings. The Morgan fingerprint density at radius 1 is 0.895 bits per heavy atom. The first kappa shape index (κ1) is 24.7. The quantitative estimate of drug-likeness (QED) is 0.312. The molecule has 2 aliphatic rings. The van der Waals surface area contributed by atoms with Crippen LogP contribution in [0.1, 0.15) is 56.9 Å². The van der Waals surface area contributed by atoms with E-state index >= 15 is 0 Å². The van der Waals surface area contributed by atoms with Crippen LogP contribution in [0, 0.1) is 11.8 Å². The number of hydrogen-bond acceptors (Lipinski definition) is 4. The second kappa shape index (κ2) is 11.4. The van der Waals surface area contributed by atoms with Crippen molar-refractivity contribution < 1.29 is 15.7 Å². The minimum atomic E-state index is -0.865. The largest absolute Gasteiger partial charge is 0.469 e. The minimum Gasteiger partial charge on any atom is -0.469 e. The van der Waals surface area contributed by atoms with Gasteiger partial charge in [0, 0.05) is 31.4 Å². The number of anilines is 2. The molecule has 2 saturated carbocycles. The Kier molecular flexibility index (Phi) is 7.43. The topological polar surface area (TPSA) is 49.9 Å². The Balaban J connectivity index is 1.42. The summed E-state index contributed by atoms with van der Waals surface area (Å²) < 4.78 is 14.2. The zero-order valence-corrected chi connectivity index (χ0v) is 22.6. The van der Waals surface area contributed by atoms with Crippen LogP contribution < -0.4 is 9.80 Å². The fourth-order valence-corrected chi connectivity index (χ4v) is 5.55. The van der Waals surface area contributed by atoms with E-state index in [4.69, 9.17) is 4.74 Å². The fourth-order valence-electron chi connectivity index (χ4n) is 5.55. The summed E-state index contributed by atoms with van der Waals surface area (Å²) in [6.45, 7) is -0.865. The van der Waals surface area contributed by atoms with Crippen molar-refractivity contribution in [3.8, 4) is 11.1 Å². The lowest BCUT2D eigenvalue weighted by molar-refractivity contribution is -0.142. The smallest absolute Gasteiger partial charge is 0.309 e. The van der Waals surface area contributed by atoms with E-state index in [-0.39, 0.29) is 29.6 Å². The van der Waals surface area contributed by atoms with Crippen LogP contribution in [-0.2, 0) is 20.8 Å². The summed E-state index contributed by atoms with van der Waals surface area (Å²) in [6, 6.07) is 24.3. The first-order chi connectivity index (χ1) is 18.9. The molecule has 0 spiro atoms. The molecule has 3 aromatic carbocycles. The van der Waals surface area contributed by atoms with Crippen LogP contribution in [0.25, 0.3) is 11.1 Å². The molecule has 3 atom stereocenters. The van der Waals surface area contributed by atoms with Crippen LogP contribution in [0.3, 0.4) is 0 Å². The second-order valence-electron chi connectivity index (χ2n) is 10.8. The van der Waals surface area contributed by atoms with Crippen molar-refractivity contribution >= 4 is 23.3 Å². The molecule has 0 N–H and O–H groups in total. The van der Waals surface area contributed by atoms with Gasteiger partial charge < -0.3 is 14.5 Å². The molecule has 5 rings (SSSR count). The SMILES string of the molecule is [2H][C@H](c1ccc(-c2ccc(N(C)C)cc2)cc1)N(C(=O)C1CCCCC1)c1cccc(C2CC2C(=O)OC)c1. The molecule has 0 radical (unpaired) electrons. The standard InChI is InChI=1S/C33H38N2O3/c1-34(2)28-18-16-25(17-19-28)24-14-12-23(13-15-24)22-35(32(36)26-8-5-4-6-9-26)29-11-7-10-27(20-29)30-21-31(30)33(37)38-3/h7,10-20,26,30-31H,4-6,8-9,21-22H2,1-3H3/i22D/t22-,30?,31?/m1/s1. The van der Waals surface area contributed by atoms with Gasteiger partial charge in [-0.25, -0.2) is 0 Å². The third-order valence-electron chi connectivity index (χ3n) is 7.97. The van der Waals surface area contributed by atoms with Crippen LogP contribution in [-0.4, -0.2) is 33.1 Å². The van der Waals surface area contributed by atoms with Crippen LogP contribution in [0.2, 0.25) is 0 Å².